The fourth-order valence-corrected chi connectivity index (χ4v) is 2.81. The lowest BCUT2D eigenvalue weighted by molar-refractivity contribution is 0.00605. The summed E-state index contributed by atoms with van der Waals surface area (Å²) >= 11 is 3.52. The molecule has 1 heterocycles. The van der Waals surface area contributed by atoms with Crippen LogP contribution < -0.4 is 10.1 Å². The zero-order valence-corrected chi connectivity index (χ0v) is 13.2. The van der Waals surface area contributed by atoms with E-state index in [-0.39, 0.29) is 5.60 Å². The summed E-state index contributed by atoms with van der Waals surface area (Å²) in [6.45, 7) is 9.80. The van der Waals surface area contributed by atoms with Crippen LogP contribution >= 0.6 is 15.9 Å². The number of rotatable bonds is 3. The molecule has 18 heavy (non-hydrogen) atoms. The minimum Gasteiger partial charge on any atom is -0.487 e. The second-order valence-corrected chi connectivity index (χ2v) is 6.48. The highest BCUT2D eigenvalue weighted by Gasteiger charge is 2.39. The maximum Gasteiger partial charge on any atom is 0.126 e. The van der Waals surface area contributed by atoms with Crippen LogP contribution in [0.3, 0.4) is 0 Å². The highest BCUT2D eigenvalue weighted by atomic mass is 79.9. The van der Waals surface area contributed by atoms with Gasteiger partial charge in [-0.1, -0.05) is 42.8 Å². The van der Waals surface area contributed by atoms with Crippen molar-refractivity contribution in [3.05, 3.63) is 28.2 Å². The van der Waals surface area contributed by atoms with Gasteiger partial charge >= 0.3 is 0 Å². The first kappa shape index (κ1) is 13.9. The third-order valence-electron chi connectivity index (χ3n) is 3.98. The van der Waals surface area contributed by atoms with Crippen LogP contribution in [0.25, 0.3) is 0 Å². The van der Waals surface area contributed by atoms with Gasteiger partial charge in [0.05, 0.1) is 0 Å². The molecule has 1 N–H and O–H groups in total. The highest BCUT2D eigenvalue weighted by molar-refractivity contribution is 9.10. The van der Waals surface area contributed by atoms with E-state index in [0.29, 0.717) is 12.0 Å². The molecule has 0 aliphatic carbocycles. The molecular weight excluding hydrogens is 290 g/mol. The van der Waals surface area contributed by atoms with Crippen LogP contribution in [-0.2, 0) is 0 Å². The minimum absolute atomic E-state index is 0.0966. The molecule has 100 valence electrons. The molecule has 0 fully saturated rings. The van der Waals surface area contributed by atoms with Crippen LogP contribution in [0.1, 0.15) is 45.7 Å². The van der Waals surface area contributed by atoms with Crippen molar-refractivity contribution in [3.63, 3.8) is 0 Å². The molecule has 1 aliphatic heterocycles. The maximum atomic E-state index is 6.27. The average Bonchev–Trinajstić information content (AvgIpc) is 2.28. The summed E-state index contributed by atoms with van der Waals surface area (Å²) in [6.07, 6.45) is 1.02. The van der Waals surface area contributed by atoms with Gasteiger partial charge in [-0.15, -0.1) is 0 Å². The molecule has 0 saturated carbocycles. The van der Waals surface area contributed by atoms with Crippen molar-refractivity contribution in [2.45, 2.75) is 45.8 Å². The fraction of sp³-hybridized carbons (Fsp3) is 0.600. The Balaban J connectivity index is 2.40. The van der Waals surface area contributed by atoms with Gasteiger partial charge in [-0.2, -0.15) is 0 Å². The average molecular weight is 312 g/mol. The number of hydrogen-bond acceptors (Lipinski definition) is 2. The van der Waals surface area contributed by atoms with E-state index in [1.807, 2.05) is 0 Å². The topological polar surface area (TPSA) is 21.3 Å². The quantitative estimate of drug-likeness (QED) is 0.898. The van der Waals surface area contributed by atoms with Crippen LogP contribution in [-0.4, -0.2) is 12.1 Å². The van der Waals surface area contributed by atoms with Gasteiger partial charge in [-0.25, -0.2) is 0 Å². The third-order valence-corrected chi connectivity index (χ3v) is 4.47. The number of benzene rings is 1. The Morgan fingerprint density at radius 2 is 2.22 bits per heavy atom. The lowest BCUT2D eigenvalue weighted by Crippen LogP contribution is -2.45. The Bertz CT molecular complexity index is 433. The van der Waals surface area contributed by atoms with Gasteiger partial charge in [-0.05, 0) is 31.5 Å². The summed E-state index contributed by atoms with van der Waals surface area (Å²) in [5.41, 5.74) is 1.18. The molecule has 0 bridgehead atoms. The van der Waals surface area contributed by atoms with E-state index in [2.05, 4.69) is 67.1 Å². The smallest absolute Gasteiger partial charge is 0.126 e. The molecule has 0 saturated heterocycles. The maximum absolute atomic E-state index is 6.27. The summed E-state index contributed by atoms with van der Waals surface area (Å²) in [5, 5.41) is 3.57. The van der Waals surface area contributed by atoms with E-state index >= 15 is 0 Å². The Labute approximate surface area is 118 Å². The number of nitrogens with one attached hydrogen (secondary N) is 1. The van der Waals surface area contributed by atoms with Crippen LogP contribution in [0.2, 0.25) is 0 Å². The fourth-order valence-electron chi connectivity index (χ4n) is 2.47. The lowest BCUT2D eigenvalue weighted by atomic mass is 9.81. The second-order valence-electron chi connectivity index (χ2n) is 5.57. The van der Waals surface area contributed by atoms with E-state index in [4.69, 9.17) is 4.74 Å². The van der Waals surface area contributed by atoms with Gasteiger partial charge in [0.1, 0.15) is 11.4 Å². The van der Waals surface area contributed by atoms with Crippen molar-refractivity contribution < 1.29 is 4.74 Å². The Hall–Kier alpha value is -0.540. The Morgan fingerprint density at radius 3 is 2.83 bits per heavy atom. The lowest BCUT2D eigenvalue weighted by Gasteiger charge is -2.43. The predicted molar refractivity (Wildman–Crippen MR) is 79.0 cm³/mol. The van der Waals surface area contributed by atoms with Gasteiger partial charge in [0.15, 0.2) is 0 Å². The van der Waals surface area contributed by atoms with Crippen molar-refractivity contribution in [1.82, 2.24) is 5.32 Å². The first-order valence-electron chi connectivity index (χ1n) is 6.68. The molecule has 1 aromatic rings. The largest absolute Gasteiger partial charge is 0.487 e. The van der Waals surface area contributed by atoms with Gasteiger partial charge < -0.3 is 10.1 Å². The molecule has 1 aromatic carbocycles. The van der Waals surface area contributed by atoms with Crippen molar-refractivity contribution in [2.24, 2.45) is 5.92 Å². The van der Waals surface area contributed by atoms with E-state index in [1.165, 1.54) is 5.56 Å². The molecule has 0 radical (unpaired) electrons. The zero-order valence-electron chi connectivity index (χ0n) is 11.6. The molecule has 2 rings (SSSR count). The number of fused-ring (bicyclic) bond motifs is 1. The normalized spacial score (nSPS) is 26.9. The van der Waals surface area contributed by atoms with Gasteiger partial charge in [0.2, 0.25) is 0 Å². The molecule has 0 aromatic heterocycles. The molecule has 1 aliphatic rings. The number of halogens is 1. The Morgan fingerprint density at radius 1 is 1.50 bits per heavy atom. The monoisotopic (exact) mass is 311 g/mol. The molecule has 2 unspecified atom stereocenters. The number of ether oxygens (including phenoxy) is 1. The minimum atomic E-state index is -0.0966. The van der Waals surface area contributed by atoms with Crippen LogP contribution in [0.5, 0.6) is 5.75 Å². The molecule has 3 heteroatoms. The van der Waals surface area contributed by atoms with Crippen molar-refractivity contribution >= 4 is 15.9 Å². The standard InChI is InChI=1S/C15H22BrNO/c1-5-17-13-9-15(4,10(2)3)18-14-8-11(16)6-7-12(13)14/h6-8,10,13,17H,5,9H2,1-4H3. The first-order chi connectivity index (χ1) is 8.46. The van der Waals surface area contributed by atoms with Crippen LogP contribution in [0, 0.1) is 5.92 Å². The molecule has 2 nitrogen and oxygen atoms in total. The molecule has 2 atom stereocenters. The van der Waals surface area contributed by atoms with E-state index in [0.717, 1.165) is 23.2 Å². The summed E-state index contributed by atoms with van der Waals surface area (Å²) < 4.78 is 7.34. The van der Waals surface area contributed by atoms with E-state index < -0.39 is 0 Å². The number of hydrogen-bond donors (Lipinski definition) is 1. The highest BCUT2D eigenvalue weighted by Crippen LogP contribution is 2.43. The summed E-state index contributed by atoms with van der Waals surface area (Å²) in [4.78, 5) is 0. The molecular formula is C15H22BrNO. The second kappa shape index (κ2) is 5.22. The summed E-state index contributed by atoms with van der Waals surface area (Å²) in [6, 6.07) is 6.72. The van der Waals surface area contributed by atoms with Crippen molar-refractivity contribution in [1.29, 1.82) is 0 Å². The van der Waals surface area contributed by atoms with Gasteiger partial charge in [0, 0.05) is 22.5 Å². The van der Waals surface area contributed by atoms with Crippen LogP contribution in [0.15, 0.2) is 22.7 Å². The molecule has 0 spiro atoms. The Kier molecular flexibility index (Phi) is 4.02. The van der Waals surface area contributed by atoms with E-state index in [1.54, 1.807) is 0 Å². The van der Waals surface area contributed by atoms with Crippen LogP contribution in [0.4, 0.5) is 0 Å². The first-order valence-corrected chi connectivity index (χ1v) is 7.47. The predicted octanol–water partition coefficient (Wildman–Crippen LogP) is 4.30. The zero-order chi connectivity index (χ0) is 13.3. The van der Waals surface area contributed by atoms with E-state index in [9.17, 15) is 0 Å². The van der Waals surface area contributed by atoms with Crippen molar-refractivity contribution in [3.8, 4) is 5.75 Å². The third kappa shape index (κ3) is 2.57. The van der Waals surface area contributed by atoms with Gasteiger partial charge in [-0.3, -0.25) is 0 Å². The van der Waals surface area contributed by atoms with Crippen molar-refractivity contribution in [2.75, 3.05) is 6.54 Å². The summed E-state index contributed by atoms with van der Waals surface area (Å²) in [5.74, 6) is 1.50. The molecule has 0 amide bonds. The van der Waals surface area contributed by atoms with Gasteiger partial charge in [0.25, 0.3) is 0 Å². The SMILES string of the molecule is CCNC1CC(C)(C(C)C)Oc2cc(Br)ccc21. The summed E-state index contributed by atoms with van der Waals surface area (Å²) in [7, 11) is 0.